The van der Waals surface area contributed by atoms with Crippen LogP contribution in [-0.4, -0.2) is 15.1 Å². The Labute approximate surface area is 135 Å². The van der Waals surface area contributed by atoms with Gasteiger partial charge < -0.3 is 4.42 Å². The number of rotatable bonds is 2. The minimum atomic E-state index is -0.0224. The highest BCUT2D eigenvalue weighted by Crippen LogP contribution is 2.64. The third kappa shape index (κ3) is 1.88. The Kier molecular flexibility index (Phi) is 2.59. The predicted octanol–water partition coefficient (Wildman–Crippen LogP) is 4.57. The van der Waals surface area contributed by atoms with E-state index in [0.29, 0.717) is 5.89 Å². The van der Waals surface area contributed by atoms with Crippen molar-refractivity contribution < 1.29 is 4.42 Å². The molecule has 4 aliphatic rings. The number of aromatic nitrogens is 2. The van der Waals surface area contributed by atoms with Crippen LogP contribution in [0, 0.1) is 11.8 Å². The Hall–Kier alpha value is -1.35. The van der Waals surface area contributed by atoms with Gasteiger partial charge in [0.15, 0.2) is 0 Å². The summed E-state index contributed by atoms with van der Waals surface area (Å²) >= 11 is 6.90. The van der Waals surface area contributed by atoms with Crippen molar-refractivity contribution in [1.82, 2.24) is 10.2 Å². The molecule has 22 heavy (non-hydrogen) atoms. The highest BCUT2D eigenvalue weighted by Gasteiger charge is 2.59. The summed E-state index contributed by atoms with van der Waals surface area (Å²) in [6.07, 6.45) is 7.04. The van der Waals surface area contributed by atoms with E-state index in [1.807, 2.05) is 30.3 Å². The van der Waals surface area contributed by atoms with Gasteiger partial charge in [0.2, 0.25) is 11.8 Å². The highest BCUT2D eigenvalue weighted by atomic mass is 35.5. The fourth-order valence-electron chi connectivity index (χ4n) is 5.54. The summed E-state index contributed by atoms with van der Waals surface area (Å²) in [6.45, 7) is 0. The van der Waals surface area contributed by atoms with Crippen molar-refractivity contribution in [1.29, 1.82) is 0 Å². The van der Waals surface area contributed by atoms with Gasteiger partial charge in [0.25, 0.3) is 0 Å². The second kappa shape index (κ2) is 4.35. The van der Waals surface area contributed by atoms with Crippen LogP contribution in [-0.2, 0) is 5.41 Å². The number of hydrogen-bond acceptors (Lipinski definition) is 3. The summed E-state index contributed by atoms with van der Waals surface area (Å²) in [5, 5.41) is 8.74. The molecular formula is C18H19ClN2O. The minimum absolute atomic E-state index is 0.0224. The lowest BCUT2D eigenvalue weighted by Crippen LogP contribution is -2.55. The predicted molar refractivity (Wildman–Crippen MR) is 84.7 cm³/mol. The Balaban J connectivity index is 1.54. The molecule has 6 rings (SSSR count). The quantitative estimate of drug-likeness (QED) is 0.762. The third-order valence-corrected chi connectivity index (χ3v) is 6.33. The molecule has 1 aromatic carbocycles. The summed E-state index contributed by atoms with van der Waals surface area (Å²) < 4.78 is 6.12. The van der Waals surface area contributed by atoms with E-state index in [0.717, 1.165) is 29.7 Å². The summed E-state index contributed by atoms with van der Waals surface area (Å²) in [5.74, 6) is 2.94. The maximum absolute atomic E-state index is 6.90. The van der Waals surface area contributed by atoms with Crippen LogP contribution in [0.1, 0.15) is 44.4 Å². The van der Waals surface area contributed by atoms with Gasteiger partial charge in [0.1, 0.15) is 0 Å². The van der Waals surface area contributed by atoms with Crippen molar-refractivity contribution in [3.63, 3.8) is 0 Å². The molecule has 2 unspecified atom stereocenters. The molecule has 4 heteroatoms. The normalized spacial score (nSPS) is 39.3. The molecule has 0 spiro atoms. The Bertz CT molecular complexity index is 697. The number of alkyl halides is 1. The van der Waals surface area contributed by atoms with Crippen molar-refractivity contribution in [2.45, 2.75) is 48.8 Å². The summed E-state index contributed by atoms with van der Waals surface area (Å²) in [7, 11) is 0. The van der Waals surface area contributed by atoms with Gasteiger partial charge >= 0.3 is 0 Å². The van der Waals surface area contributed by atoms with Gasteiger partial charge in [-0.05, 0) is 62.5 Å². The zero-order valence-electron chi connectivity index (χ0n) is 12.5. The highest BCUT2D eigenvalue weighted by molar-refractivity contribution is 6.24. The number of nitrogens with zero attached hydrogens (tertiary/aromatic N) is 2. The zero-order chi connectivity index (χ0) is 14.8. The van der Waals surface area contributed by atoms with E-state index < -0.39 is 0 Å². The van der Waals surface area contributed by atoms with Gasteiger partial charge in [-0.15, -0.1) is 21.8 Å². The monoisotopic (exact) mass is 314 g/mol. The SMILES string of the molecule is ClC12CC3CC(C1)CC(c1nnc(-c4ccccc4)o1)(C3)C2. The van der Waals surface area contributed by atoms with E-state index in [1.54, 1.807) is 0 Å². The van der Waals surface area contributed by atoms with Gasteiger partial charge in [-0.25, -0.2) is 0 Å². The molecule has 0 N–H and O–H groups in total. The van der Waals surface area contributed by atoms with Crippen LogP contribution in [0.25, 0.3) is 11.5 Å². The second-order valence-electron chi connectivity index (χ2n) is 7.67. The van der Waals surface area contributed by atoms with E-state index in [9.17, 15) is 0 Å². The van der Waals surface area contributed by atoms with Crippen molar-refractivity contribution >= 4 is 11.6 Å². The number of hydrogen-bond donors (Lipinski definition) is 0. The molecular weight excluding hydrogens is 296 g/mol. The molecule has 114 valence electrons. The summed E-state index contributed by atoms with van der Waals surface area (Å²) in [4.78, 5) is -0.0224. The summed E-state index contributed by atoms with van der Waals surface area (Å²) in [5.41, 5.74) is 1.03. The van der Waals surface area contributed by atoms with E-state index in [4.69, 9.17) is 16.0 Å². The van der Waals surface area contributed by atoms with Crippen LogP contribution in [0.15, 0.2) is 34.7 Å². The smallest absolute Gasteiger partial charge is 0.247 e. The second-order valence-corrected chi connectivity index (χ2v) is 8.47. The lowest BCUT2D eigenvalue weighted by atomic mass is 9.49. The van der Waals surface area contributed by atoms with Crippen LogP contribution < -0.4 is 0 Å². The molecule has 4 aliphatic carbocycles. The zero-order valence-corrected chi connectivity index (χ0v) is 13.2. The van der Waals surface area contributed by atoms with Crippen molar-refractivity contribution in [3.05, 3.63) is 36.2 Å². The molecule has 0 radical (unpaired) electrons. The molecule has 2 aromatic rings. The van der Waals surface area contributed by atoms with Crippen molar-refractivity contribution in [2.24, 2.45) is 11.8 Å². The summed E-state index contributed by atoms with van der Waals surface area (Å²) in [6, 6.07) is 10.0. The fourth-order valence-corrected chi connectivity index (χ4v) is 6.23. The number of halogens is 1. The molecule has 0 saturated heterocycles. The van der Waals surface area contributed by atoms with Crippen LogP contribution in [0.3, 0.4) is 0 Å². The molecule has 4 bridgehead atoms. The maximum atomic E-state index is 6.90. The van der Waals surface area contributed by atoms with Gasteiger partial charge in [0.05, 0.1) is 5.41 Å². The maximum Gasteiger partial charge on any atom is 0.247 e. The van der Waals surface area contributed by atoms with E-state index in [2.05, 4.69) is 10.2 Å². The molecule has 4 fully saturated rings. The molecule has 1 heterocycles. The molecule has 0 amide bonds. The molecule has 1 aromatic heterocycles. The number of benzene rings is 1. The average Bonchev–Trinajstić information content (AvgIpc) is 2.96. The van der Waals surface area contributed by atoms with Gasteiger partial charge in [0, 0.05) is 10.4 Å². The van der Waals surface area contributed by atoms with Crippen LogP contribution in [0.4, 0.5) is 0 Å². The topological polar surface area (TPSA) is 38.9 Å². The van der Waals surface area contributed by atoms with Crippen molar-refractivity contribution in [2.75, 3.05) is 0 Å². The molecule has 3 nitrogen and oxygen atoms in total. The Morgan fingerprint density at radius 1 is 1.00 bits per heavy atom. The molecule has 4 saturated carbocycles. The van der Waals surface area contributed by atoms with E-state index in [-0.39, 0.29) is 10.3 Å². The van der Waals surface area contributed by atoms with Crippen LogP contribution in [0.5, 0.6) is 0 Å². The Morgan fingerprint density at radius 3 is 2.41 bits per heavy atom. The van der Waals surface area contributed by atoms with Gasteiger partial charge in [-0.1, -0.05) is 18.2 Å². The fraction of sp³-hybridized carbons (Fsp3) is 0.556. The standard InChI is InChI=1S/C18H19ClN2O/c19-18-9-12-6-13(10-18)8-17(7-12,11-18)16-21-20-15(22-16)14-4-2-1-3-5-14/h1-5,12-13H,6-11H2. The minimum Gasteiger partial charge on any atom is -0.420 e. The van der Waals surface area contributed by atoms with E-state index in [1.165, 1.54) is 32.1 Å². The first-order valence-corrected chi connectivity index (χ1v) is 8.60. The first-order valence-electron chi connectivity index (χ1n) is 8.23. The van der Waals surface area contributed by atoms with Gasteiger partial charge in [-0.3, -0.25) is 0 Å². The molecule has 0 aliphatic heterocycles. The van der Waals surface area contributed by atoms with Gasteiger partial charge in [-0.2, -0.15) is 0 Å². The molecule has 2 atom stereocenters. The first-order chi connectivity index (χ1) is 10.6. The van der Waals surface area contributed by atoms with Crippen LogP contribution in [0.2, 0.25) is 0 Å². The lowest BCUT2D eigenvalue weighted by molar-refractivity contribution is -0.00423. The Morgan fingerprint density at radius 2 is 1.73 bits per heavy atom. The first kappa shape index (κ1) is 13.1. The van der Waals surface area contributed by atoms with E-state index >= 15 is 0 Å². The average molecular weight is 315 g/mol. The third-order valence-electron chi connectivity index (χ3n) is 5.89. The lowest BCUT2D eigenvalue weighted by Gasteiger charge is -2.58. The largest absolute Gasteiger partial charge is 0.420 e. The van der Waals surface area contributed by atoms with Crippen molar-refractivity contribution in [3.8, 4) is 11.5 Å². The van der Waals surface area contributed by atoms with Crippen LogP contribution >= 0.6 is 11.6 Å².